The summed E-state index contributed by atoms with van der Waals surface area (Å²) in [6.45, 7) is 9.83. The van der Waals surface area contributed by atoms with Gasteiger partial charge in [-0.15, -0.1) is 0 Å². The van der Waals surface area contributed by atoms with Gasteiger partial charge < -0.3 is 9.88 Å². The molecule has 1 aliphatic rings. The van der Waals surface area contributed by atoms with E-state index in [9.17, 15) is 0 Å². The van der Waals surface area contributed by atoms with Crippen molar-refractivity contribution in [3.8, 4) is 0 Å². The van der Waals surface area contributed by atoms with Gasteiger partial charge in [0.15, 0.2) is 0 Å². The highest BCUT2D eigenvalue weighted by Crippen LogP contribution is 2.38. The van der Waals surface area contributed by atoms with Crippen LogP contribution in [0.4, 0.5) is 5.95 Å². The third kappa shape index (κ3) is 2.39. The summed E-state index contributed by atoms with van der Waals surface area (Å²) in [5, 5.41) is 3.45. The monoisotopic (exact) mass is 221 g/mol. The standard InChI is InChI=1S/C13H23N3/c1-9(2)7-14-13-15-11(4)8-16(13)12-5-10(3)6-12/h8-10,12H,5-7H2,1-4H3,(H,14,15). The van der Waals surface area contributed by atoms with Crippen molar-refractivity contribution in [3.05, 3.63) is 11.9 Å². The van der Waals surface area contributed by atoms with E-state index in [1.807, 2.05) is 0 Å². The molecule has 90 valence electrons. The Morgan fingerprint density at radius 1 is 1.50 bits per heavy atom. The highest BCUT2D eigenvalue weighted by molar-refractivity contribution is 5.30. The van der Waals surface area contributed by atoms with Crippen LogP contribution in [0.25, 0.3) is 0 Å². The molecule has 1 aromatic rings. The van der Waals surface area contributed by atoms with Crippen molar-refractivity contribution in [2.45, 2.75) is 46.6 Å². The second-order valence-electron chi connectivity index (χ2n) is 5.62. The summed E-state index contributed by atoms with van der Waals surface area (Å²) in [5.74, 6) is 2.60. The number of hydrogen-bond acceptors (Lipinski definition) is 2. The SMILES string of the molecule is Cc1cn(C2CC(C)C2)c(NCC(C)C)n1. The van der Waals surface area contributed by atoms with Crippen LogP contribution in [-0.2, 0) is 0 Å². The number of rotatable bonds is 4. The summed E-state index contributed by atoms with van der Waals surface area (Å²) in [6, 6.07) is 0.672. The second kappa shape index (κ2) is 4.48. The van der Waals surface area contributed by atoms with Crippen molar-refractivity contribution in [1.29, 1.82) is 0 Å². The van der Waals surface area contributed by atoms with Gasteiger partial charge in [-0.25, -0.2) is 4.98 Å². The van der Waals surface area contributed by atoms with Gasteiger partial charge in [-0.3, -0.25) is 0 Å². The smallest absolute Gasteiger partial charge is 0.203 e. The molecule has 1 saturated carbocycles. The first kappa shape index (κ1) is 11.5. The second-order valence-corrected chi connectivity index (χ2v) is 5.62. The summed E-state index contributed by atoms with van der Waals surface area (Å²) in [7, 11) is 0. The Morgan fingerprint density at radius 2 is 2.19 bits per heavy atom. The number of nitrogens with one attached hydrogen (secondary N) is 1. The topological polar surface area (TPSA) is 29.9 Å². The lowest BCUT2D eigenvalue weighted by Crippen LogP contribution is -2.26. The van der Waals surface area contributed by atoms with Crippen LogP contribution in [0.5, 0.6) is 0 Å². The largest absolute Gasteiger partial charge is 0.355 e. The molecular formula is C13H23N3. The number of aryl methyl sites for hydroxylation is 1. The summed E-state index contributed by atoms with van der Waals surface area (Å²) < 4.78 is 2.33. The molecule has 0 aromatic carbocycles. The van der Waals surface area contributed by atoms with Crippen molar-refractivity contribution in [2.24, 2.45) is 11.8 Å². The van der Waals surface area contributed by atoms with Crippen LogP contribution < -0.4 is 5.32 Å². The highest BCUT2D eigenvalue weighted by atomic mass is 15.2. The molecule has 0 spiro atoms. The van der Waals surface area contributed by atoms with Crippen LogP contribution in [0.2, 0.25) is 0 Å². The van der Waals surface area contributed by atoms with Crippen LogP contribution in [-0.4, -0.2) is 16.1 Å². The molecule has 0 bridgehead atoms. The van der Waals surface area contributed by atoms with Crippen molar-refractivity contribution in [3.63, 3.8) is 0 Å². The van der Waals surface area contributed by atoms with Gasteiger partial charge in [0, 0.05) is 18.8 Å². The van der Waals surface area contributed by atoms with E-state index < -0.39 is 0 Å². The van der Waals surface area contributed by atoms with Gasteiger partial charge in [0.2, 0.25) is 5.95 Å². The number of imidazole rings is 1. The Kier molecular flexibility index (Phi) is 3.22. The highest BCUT2D eigenvalue weighted by Gasteiger charge is 2.28. The maximum absolute atomic E-state index is 4.56. The molecular weight excluding hydrogens is 198 g/mol. The van der Waals surface area contributed by atoms with Crippen LogP contribution in [0, 0.1) is 18.8 Å². The van der Waals surface area contributed by atoms with E-state index in [0.29, 0.717) is 12.0 Å². The van der Waals surface area contributed by atoms with Gasteiger partial charge in [-0.2, -0.15) is 0 Å². The molecule has 1 N–H and O–H groups in total. The minimum absolute atomic E-state index is 0.658. The first-order valence-electron chi connectivity index (χ1n) is 6.35. The fourth-order valence-electron chi connectivity index (χ4n) is 2.31. The summed E-state index contributed by atoms with van der Waals surface area (Å²) >= 11 is 0. The average Bonchev–Trinajstić information content (AvgIpc) is 2.51. The molecule has 0 radical (unpaired) electrons. The van der Waals surface area contributed by atoms with E-state index in [-0.39, 0.29) is 0 Å². The van der Waals surface area contributed by atoms with Crippen molar-refractivity contribution < 1.29 is 0 Å². The van der Waals surface area contributed by atoms with E-state index in [0.717, 1.165) is 24.1 Å². The lowest BCUT2D eigenvalue weighted by Gasteiger charge is -2.34. The molecule has 1 aliphatic carbocycles. The van der Waals surface area contributed by atoms with Gasteiger partial charge in [-0.1, -0.05) is 20.8 Å². The van der Waals surface area contributed by atoms with Gasteiger partial charge in [0.05, 0.1) is 5.69 Å². The number of nitrogens with zero attached hydrogens (tertiary/aromatic N) is 2. The molecule has 1 fully saturated rings. The molecule has 2 rings (SSSR count). The lowest BCUT2D eigenvalue weighted by atomic mass is 9.82. The Hall–Kier alpha value is -0.990. The molecule has 0 atom stereocenters. The van der Waals surface area contributed by atoms with Gasteiger partial charge in [-0.05, 0) is 31.6 Å². The molecule has 3 nitrogen and oxygen atoms in total. The van der Waals surface area contributed by atoms with Crippen molar-refractivity contribution in [1.82, 2.24) is 9.55 Å². The third-order valence-corrected chi connectivity index (χ3v) is 3.26. The van der Waals surface area contributed by atoms with E-state index in [1.165, 1.54) is 12.8 Å². The van der Waals surface area contributed by atoms with E-state index in [2.05, 4.69) is 48.8 Å². The van der Waals surface area contributed by atoms with E-state index in [1.54, 1.807) is 0 Å². The Bertz CT molecular complexity index is 348. The zero-order chi connectivity index (χ0) is 11.7. The molecule has 0 unspecified atom stereocenters. The number of anilines is 1. The van der Waals surface area contributed by atoms with Crippen LogP contribution in [0.3, 0.4) is 0 Å². The van der Waals surface area contributed by atoms with Crippen molar-refractivity contribution in [2.75, 3.05) is 11.9 Å². The van der Waals surface area contributed by atoms with Crippen LogP contribution >= 0.6 is 0 Å². The predicted molar refractivity (Wildman–Crippen MR) is 67.7 cm³/mol. The molecule has 0 amide bonds. The van der Waals surface area contributed by atoms with Crippen LogP contribution in [0.15, 0.2) is 6.20 Å². The van der Waals surface area contributed by atoms with E-state index >= 15 is 0 Å². The zero-order valence-corrected chi connectivity index (χ0v) is 10.8. The minimum Gasteiger partial charge on any atom is -0.355 e. The molecule has 0 aliphatic heterocycles. The fourth-order valence-corrected chi connectivity index (χ4v) is 2.31. The van der Waals surface area contributed by atoms with Crippen LogP contribution in [0.1, 0.15) is 45.3 Å². The molecule has 3 heteroatoms. The summed E-state index contributed by atoms with van der Waals surface area (Å²) in [4.78, 5) is 4.56. The Labute approximate surface area is 98.3 Å². The van der Waals surface area contributed by atoms with Gasteiger partial charge in [0.1, 0.15) is 0 Å². The number of aromatic nitrogens is 2. The fraction of sp³-hybridized carbons (Fsp3) is 0.769. The maximum atomic E-state index is 4.56. The van der Waals surface area contributed by atoms with Gasteiger partial charge in [0.25, 0.3) is 0 Å². The molecule has 1 heterocycles. The summed E-state index contributed by atoms with van der Waals surface area (Å²) in [6.07, 6.45) is 4.78. The number of hydrogen-bond donors (Lipinski definition) is 1. The maximum Gasteiger partial charge on any atom is 0.203 e. The quantitative estimate of drug-likeness (QED) is 0.846. The molecule has 0 saturated heterocycles. The lowest BCUT2D eigenvalue weighted by molar-refractivity contribution is 0.218. The summed E-state index contributed by atoms with van der Waals surface area (Å²) in [5.41, 5.74) is 1.12. The van der Waals surface area contributed by atoms with Gasteiger partial charge >= 0.3 is 0 Å². The first-order valence-corrected chi connectivity index (χ1v) is 6.35. The third-order valence-electron chi connectivity index (χ3n) is 3.26. The first-order chi connectivity index (χ1) is 7.56. The normalized spacial score (nSPS) is 24.6. The van der Waals surface area contributed by atoms with E-state index in [4.69, 9.17) is 0 Å². The predicted octanol–water partition coefficient (Wildman–Crippen LogP) is 3.23. The van der Waals surface area contributed by atoms with Crippen molar-refractivity contribution >= 4 is 5.95 Å². The zero-order valence-electron chi connectivity index (χ0n) is 10.8. The molecule has 1 aromatic heterocycles. The average molecular weight is 221 g/mol. The minimum atomic E-state index is 0.658. The molecule has 16 heavy (non-hydrogen) atoms. The Balaban J connectivity index is 2.05. The Morgan fingerprint density at radius 3 is 2.75 bits per heavy atom.